The fourth-order valence-electron chi connectivity index (χ4n) is 3.37. The maximum atomic E-state index is 13.0. The van der Waals surface area contributed by atoms with Gasteiger partial charge in [0.2, 0.25) is 0 Å². The Balaban J connectivity index is 1.50. The van der Waals surface area contributed by atoms with E-state index in [1.165, 1.54) is 36.4 Å². The molecule has 0 saturated carbocycles. The number of rotatable bonds is 7. The highest BCUT2D eigenvalue weighted by Crippen LogP contribution is 2.26. The van der Waals surface area contributed by atoms with Crippen molar-refractivity contribution in [3.63, 3.8) is 0 Å². The number of anilines is 1. The van der Waals surface area contributed by atoms with Crippen molar-refractivity contribution >= 4 is 41.3 Å². The molecule has 1 aliphatic rings. The number of nitrogens with one attached hydrogen (secondary N) is 1. The summed E-state index contributed by atoms with van der Waals surface area (Å²) in [5, 5.41) is 22.1. The summed E-state index contributed by atoms with van der Waals surface area (Å²) < 4.78 is 5.68. The van der Waals surface area contributed by atoms with Gasteiger partial charge in [-0.05, 0) is 47.5 Å². The first-order valence-electron chi connectivity index (χ1n) is 10.4. The highest BCUT2D eigenvalue weighted by atomic mass is 16.6. The number of barbiturate groups is 1. The predicted molar refractivity (Wildman–Crippen MR) is 126 cm³/mol. The molecule has 11 heteroatoms. The SMILES string of the molecule is O=C1NC(=O)N(c2cccc([N+](=O)[O-])c2)C(=O)C1=Cc1ccc(OCc2ccc(C(=O)O)cc2)cc1. The van der Waals surface area contributed by atoms with Gasteiger partial charge in [0.05, 0.1) is 16.2 Å². The molecule has 4 rings (SSSR count). The molecule has 36 heavy (non-hydrogen) atoms. The van der Waals surface area contributed by atoms with Crippen molar-refractivity contribution in [1.29, 1.82) is 0 Å². The molecular formula is C25H17N3O8. The quantitative estimate of drug-likeness (QED) is 0.222. The van der Waals surface area contributed by atoms with Crippen molar-refractivity contribution in [3.8, 4) is 5.75 Å². The minimum Gasteiger partial charge on any atom is -0.489 e. The Bertz CT molecular complexity index is 1410. The molecule has 4 amide bonds. The van der Waals surface area contributed by atoms with Crippen LogP contribution in [0.3, 0.4) is 0 Å². The van der Waals surface area contributed by atoms with Crippen molar-refractivity contribution in [2.24, 2.45) is 0 Å². The Hall–Kier alpha value is -5.32. The van der Waals surface area contributed by atoms with Crippen LogP contribution < -0.4 is 15.0 Å². The monoisotopic (exact) mass is 487 g/mol. The highest BCUT2D eigenvalue weighted by Gasteiger charge is 2.37. The van der Waals surface area contributed by atoms with E-state index < -0.39 is 28.7 Å². The van der Waals surface area contributed by atoms with Gasteiger partial charge < -0.3 is 9.84 Å². The number of aromatic carboxylic acids is 1. The van der Waals surface area contributed by atoms with Crippen LogP contribution in [0.2, 0.25) is 0 Å². The third-order valence-corrected chi connectivity index (χ3v) is 5.20. The number of amides is 4. The minimum absolute atomic E-state index is 0.0507. The molecule has 180 valence electrons. The number of nitrogens with zero attached hydrogens (tertiary/aromatic N) is 2. The lowest BCUT2D eigenvalue weighted by atomic mass is 10.1. The molecule has 1 heterocycles. The lowest BCUT2D eigenvalue weighted by molar-refractivity contribution is -0.384. The zero-order valence-electron chi connectivity index (χ0n) is 18.4. The summed E-state index contributed by atoms with van der Waals surface area (Å²) in [7, 11) is 0. The summed E-state index contributed by atoms with van der Waals surface area (Å²) in [4.78, 5) is 59.6. The number of carboxylic acid groups (broad SMARTS) is 1. The van der Waals surface area contributed by atoms with Crippen LogP contribution in [0.1, 0.15) is 21.5 Å². The summed E-state index contributed by atoms with van der Waals surface area (Å²) in [5.41, 5.74) is 0.715. The normalized spacial score (nSPS) is 14.5. The van der Waals surface area contributed by atoms with Crippen LogP contribution in [-0.4, -0.2) is 33.8 Å². The molecule has 0 aromatic heterocycles. The van der Waals surface area contributed by atoms with Gasteiger partial charge in [-0.1, -0.05) is 30.3 Å². The molecule has 0 bridgehead atoms. The van der Waals surface area contributed by atoms with E-state index in [0.717, 1.165) is 11.6 Å². The summed E-state index contributed by atoms with van der Waals surface area (Å²) in [6, 6.07) is 16.6. The van der Waals surface area contributed by atoms with Crippen LogP contribution in [0.15, 0.2) is 78.4 Å². The number of ether oxygens (including phenoxy) is 1. The van der Waals surface area contributed by atoms with Crippen LogP contribution >= 0.6 is 0 Å². The van der Waals surface area contributed by atoms with E-state index in [-0.39, 0.29) is 29.1 Å². The van der Waals surface area contributed by atoms with Gasteiger partial charge in [-0.3, -0.25) is 25.0 Å². The number of nitro benzene ring substituents is 1. The zero-order valence-corrected chi connectivity index (χ0v) is 18.4. The second-order valence-corrected chi connectivity index (χ2v) is 7.59. The van der Waals surface area contributed by atoms with Crippen LogP contribution in [-0.2, 0) is 16.2 Å². The Morgan fingerprint density at radius 1 is 1.03 bits per heavy atom. The van der Waals surface area contributed by atoms with Crippen molar-refractivity contribution in [2.75, 3.05) is 4.90 Å². The van der Waals surface area contributed by atoms with Gasteiger partial charge in [0, 0.05) is 12.1 Å². The van der Waals surface area contributed by atoms with Gasteiger partial charge in [0.15, 0.2) is 0 Å². The molecule has 0 unspecified atom stereocenters. The van der Waals surface area contributed by atoms with Crippen LogP contribution in [0.4, 0.5) is 16.2 Å². The lowest BCUT2D eigenvalue weighted by Gasteiger charge is -2.26. The van der Waals surface area contributed by atoms with Crippen molar-refractivity contribution in [2.45, 2.75) is 6.61 Å². The third-order valence-electron chi connectivity index (χ3n) is 5.20. The smallest absolute Gasteiger partial charge is 0.335 e. The van der Waals surface area contributed by atoms with Gasteiger partial charge in [0.1, 0.15) is 17.9 Å². The van der Waals surface area contributed by atoms with Crippen molar-refractivity contribution in [1.82, 2.24) is 5.32 Å². The van der Waals surface area contributed by atoms with Crippen LogP contribution in [0, 0.1) is 10.1 Å². The van der Waals surface area contributed by atoms with Crippen molar-refractivity contribution in [3.05, 3.63) is 105 Å². The lowest BCUT2D eigenvalue weighted by Crippen LogP contribution is -2.54. The number of benzene rings is 3. The topological polar surface area (TPSA) is 156 Å². The molecule has 3 aromatic carbocycles. The standard InChI is InChI=1S/C25H17N3O8/c29-22-21(23(30)27(25(33)26-22)18-2-1-3-19(13-18)28(34)35)12-15-6-10-20(11-7-15)36-14-16-4-8-17(9-5-16)24(31)32/h1-13H,14H2,(H,31,32)(H,26,29,33). The first kappa shape index (κ1) is 23.8. The largest absolute Gasteiger partial charge is 0.489 e. The van der Waals surface area contributed by atoms with Gasteiger partial charge in [0.25, 0.3) is 17.5 Å². The second kappa shape index (κ2) is 9.89. The Kier molecular flexibility index (Phi) is 6.55. The molecule has 1 saturated heterocycles. The first-order chi connectivity index (χ1) is 17.2. The number of hydrogen-bond donors (Lipinski definition) is 2. The van der Waals surface area contributed by atoms with E-state index in [4.69, 9.17) is 9.84 Å². The van der Waals surface area contributed by atoms with Crippen molar-refractivity contribution < 1.29 is 33.9 Å². The molecule has 0 spiro atoms. The molecule has 3 aromatic rings. The van der Waals surface area contributed by atoms with E-state index in [1.54, 1.807) is 36.4 Å². The Morgan fingerprint density at radius 3 is 2.36 bits per heavy atom. The molecule has 0 aliphatic carbocycles. The third kappa shape index (κ3) is 5.09. The summed E-state index contributed by atoms with van der Waals surface area (Å²) in [5.74, 6) is -2.34. The number of carbonyl (C=O) groups excluding carboxylic acids is 3. The van der Waals surface area contributed by atoms with E-state index in [1.807, 2.05) is 0 Å². The number of hydrogen-bond acceptors (Lipinski definition) is 7. The maximum absolute atomic E-state index is 13.0. The molecule has 11 nitrogen and oxygen atoms in total. The zero-order chi connectivity index (χ0) is 25.8. The molecule has 1 fully saturated rings. The molecule has 1 aliphatic heterocycles. The Labute approximate surface area is 203 Å². The number of carbonyl (C=O) groups is 4. The average molecular weight is 487 g/mol. The van der Waals surface area contributed by atoms with Gasteiger partial charge >= 0.3 is 12.0 Å². The van der Waals surface area contributed by atoms with Gasteiger partial charge in [-0.25, -0.2) is 14.5 Å². The highest BCUT2D eigenvalue weighted by molar-refractivity contribution is 6.39. The first-order valence-corrected chi connectivity index (χ1v) is 10.4. The molecular weight excluding hydrogens is 470 g/mol. The number of carboxylic acids is 1. The van der Waals surface area contributed by atoms with E-state index in [9.17, 15) is 29.3 Å². The molecule has 2 N–H and O–H groups in total. The van der Waals surface area contributed by atoms with E-state index >= 15 is 0 Å². The Morgan fingerprint density at radius 2 is 1.72 bits per heavy atom. The van der Waals surface area contributed by atoms with E-state index in [0.29, 0.717) is 16.2 Å². The summed E-state index contributed by atoms with van der Waals surface area (Å²) >= 11 is 0. The average Bonchev–Trinajstić information content (AvgIpc) is 2.86. The number of imide groups is 2. The van der Waals surface area contributed by atoms with Gasteiger partial charge in [-0.15, -0.1) is 0 Å². The molecule has 0 radical (unpaired) electrons. The van der Waals surface area contributed by atoms with Crippen LogP contribution in [0.5, 0.6) is 5.75 Å². The maximum Gasteiger partial charge on any atom is 0.335 e. The number of non-ortho nitro benzene ring substituents is 1. The molecule has 0 atom stereocenters. The summed E-state index contributed by atoms with van der Waals surface area (Å²) in [6.45, 7) is 0.196. The summed E-state index contributed by atoms with van der Waals surface area (Å²) in [6.07, 6.45) is 1.29. The number of nitro groups is 1. The van der Waals surface area contributed by atoms with E-state index in [2.05, 4.69) is 5.32 Å². The van der Waals surface area contributed by atoms with Gasteiger partial charge in [-0.2, -0.15) is 0 Å². The fraction of sp³-hybridized carbons (Fsp3) is 0.0400. The predicted octanol–water partition coefficient (Wildman–Crippen LogP) is 3.54. The fourth-order valence-corrected chi connectivity index (χ4v) is 3.37. The second-order valence-electron chi connectivity index (χ2n) is 7.59. The number of urea groups is 1. The minimum atomic E-state index is -1.02. The van der Waals surface area contributed by atoms with Crippen LogP contribution in [0.25, 0.3) is 6.08 Å².